The Morgan fingerprint density at radius 3 is 2.33 bits per heavy atom. The molecular weight excluding hydrogens is 438 g/mol. The van der Waals surface area contributed by atoms with Crippen LogP contribution in [0.4, 0.5) is 5.69 Å². The summed E-state index contributed by atoms with van der Waals surface area (Å²) in [5.74, 6) is 1.20. The Balaban J connectivity index is 1.43. The zero-order valence-electron chi connectivity index (χ0n) is 18.5. The smallest absolute Gasteiger partial charge is 0.257 e. The molecule has 0 saturated carbocycles. The summed E-state index contributed by atoms with van der Waals surface area (Å²) in [5.41, 5.74) is 4.73. The molecule has 0 aliphatic rings. The number of fused-ring (bicyclic) bond motifs is 1. The van der Waals surface area contributed by atoms with E-state index in [1.165, 1.54) is 19.8 Å². The van der Waals surface area contributed by atoms with Gasteiger partial charge in [0.25, 0.3) is 5.91 Å². The van der Waals surface area contributed by atoms with E-state index in [0.717, 1.165) is 28.8 Å². The predicted molar refractivity (Wildman–Crippen MR) is 132 cm³/mol. The van der Waals surface area contributed by atoms with Crippen molar-refractivity contribution in [1.29, 1.82) is 0 Å². The van der Waals surface area contributed by atoms with E-state index in [-0.39, 0.29) is 11.0 Å². The SMILES string of the molecule is CCc1ccc2oc(-c3ccc(NC(=S)NC(=O)c4cc(OC)cc(OC)c4)cc3)nc2c1. The van der Waals surface area contributed by atoms with Crippen molar-refractivity contribution < 1.29 is 18.7 Å². The minimum atomic E-state index is -0.376. The molecule has 4 rings (SSSR count). The van der Waals surface area contributed by atoms with Crippen LogP contribution in [-0.2, 0) is 6.42 Å². The number of methoxy groups -OCH3 is 2. The number of ether oxygens (including phenoxy) is 2. The van der Waals surface area contributed by atoms with E-state index in [0.29, 0.717) is 23.0 Å². The van der Waals surface area contributed by atoms with Crippen molar-refractivity contribution in [2.75, 3.05) is 19.5 Å². The van der Waals surface area contributed by atoms with Gasteiger partial charge in [-0.15, -0.1) is 0 Å². The van der Waals surface area contributed by atoms with Crippen molar-refractivity contribution in [1.82, 2.24) is 10.3 Å². The Morgan fingerprint density at radius 2 is 1.70 bits per heavy atom. The van der Waals surface area contributed by atoms with Crippen molar-refractivity contribution in [3.63, 3.8) is 0 Å². The molecule has 4 aromatic rings. The molecular formula is C25H23N3O4S. The van der Waals surface area contributed by atoms with Crippen molar-refractivity contribution in [2.45, 2.75) is 13.3 Å². The lowest BCUT2D eigenvalue weighted by Crippen LogP contribution is -2.34. The van der Waals surface area contributed by atoms with Gasteiger partial charge in [0.2, 0.25) is 5.89 Å². The molecule has 1 aromatic heterocycles. The zero-order valence-corrected chi connectivity index (χ0v) is 19.3. The van der Waals surface area contributed by atoms with Gasteiger partial charge < -0.3 is 19.2 Å². The molecule has 1 amide bonds. The Morgan fingerprint density at radius 1 is 1.00 bits per heavy atom. The molecule has 0 saturated heterocycles. The Kier molecular flexibility index (Phi) is 6.55. The number of amides is 1. The Hall–Kier alpha value is -3.91. The van der Waals surface area contributed by atoms with Gasteiger partial charge in [0.15, 0.2) is 10.7 Å². The van der Waals surface area contributed by atoms with Gasteiger partial charge in [-0.3, -0.25) is 10.1 Å². The third-order valence-corrected chi connectivity index (χ3v) is 5.29. The molecule has 0 atom stereocenters. The van der Waals surface area contributed by atoms with E-state index in [9.17, 15) is 4.79 Å². The van der Waals surface area contributed by atoms with Gasteiger partial charge in [-0.2, -0.15) is 0 Å². The molecule has 3 aromatic carbocycles. The van der Waals surface area contributed by atoms with E-state index in [1.54, 1.807) is 18.2 Å². The average molecular weight is 462 g/mol. The number of carbonyl (C=O) groups is 1. The number of carbonyl (C=O) groups excluding carboxylic acids is 1. The minimum absolute atomic E-state index is 0.170. The maximum atomic E-state index is 12.6. The van der Waals surface area contributed by atoms with Crippen LogP contribution in [-0.4, -0.2) is 30.2 Å². The molecule has 1 heterocycles. The van der Waals surface area contributed by atoms with Crippen LogP contribution < -0.4 is 20.1 Å². The first-order valence-corrected chi connectivity index (χ1v) is 10.7. The highest BCUT2D eigenvalue weighted by Crippen LogP contribution is 2.26. The fraction of sp³-hybridized carbons (Fsp3) is 0.160. The third-order valence-electron chi connectivity index (χ3n) is 5.09. The van der Waals surface area contributed by atoms with Crippen LogP contribution in [0, 0.1) is 0 Å². The standard InChI is InChI=1S/C25H23N3O4S/c1-4-15-5-10-22-21(11-15)27-24(32-22)16-6-8-18(9-7-16)26-25(33)28-23(29)17-12-19(30-2)14-20(13-17)31-3/h5-14H,4H2,1-3H3,(H2,26,28,29,33). The van der Waals surface area contributed by atoms with Crippen LogP contribution in [0.2, 0.25) is 0 Å². The molecule has 0 spiro atoms. The third kappa shape index (κ3) is 5.12. The van der Waals surface area contributed by atoms with Crippen LogP contribution >= 0.6 is 12.2 Å². The summed E-state index contributed by atoms with van der Waals surface area (Å²) in [4.78, 5) is 17.2. The molecule has 8 heteroatoms. The van der Waals surface area contributed by atoms with Gasteiger partial charge in [-0.1, -0.05) is 13.0 Å². The number of rotatable bonds is 6. The number of aromatic nitrogens is 1. The molecule has 33 heavy (non-hydrogen) atoms. The highest BCUT2D eigenvalue weighted by molar-refractivity contribution is 7.80. The lowest BCUT2D eigenvalue weighted by molar-refractivity contribution is 0.0977. The summed E-state index contributed by atoms with van der Waals surface area (Å²) in [6.07, 6.45) is 0.945. The topological polar surface area (TPSA) is 85.6 Å². The summed E-state index contributed by atoms with van der Waals surface area (Å²) < 4.78 is 16.3. The lowest BCUT2D eigenvalue weighted by Gasteiger charge is -2.11. The largest absolute Gasteiger partial charge is 0.497 e. The highest BCUT2D eigenvalue weighted by Gasteiger charge is 2.13. The predicted octanol–water partition coefficient (Wildman–Crippen LogP) is 5.20. The number of anilines is 1. The van der Waals surface area contributed by atoms with Gasteiger partial charge in [0, 0.05) is 22.9 Å². The maximum absolute atomic E-state index is 12.6. The second-order valence-corrected chi connectivity index (χ2v) is 7.67. The number of aryl methyl sites for hydroxylation is 1. The molecule has 0 aliphatic heterocycles. The monoisotopic (exact) mass is 461 g/mol. The van der Waals surface area contributed by atoms with Crippen molar-refractivity contribution in [3.8, 4) is 23.0 Å². The highest BCUT2D eigenvalue weighted by atomic mass is 32.1. The fourth-order valence-electron chi connectivity index (χ4n) is 3.29. The Bertz CT molecular complexity index is 1290. The summed E-state index contributed by atoms with van der Waals surface area (Å²) in [6.45, 7) is 2.11. The van der Waals surface area contributed by atoms with E-state index in [4.69, 9.17) is 26.1 Å². The lowest BCUT2D eigenvalue weighted by atomic mass is 10.1. The first-order valence-electron chi connectivity index (χ1n) is 10.3. The van der Waals surface area contributed by atoms with Gasteiger partial charge in [-0.25, -0.2) is 4.98 Å². The van der Waals surface area contributed by atoms with Crippen molar-refractivity contribution in [2.24, 2.45) is 0 Å². The summed E-state index contributed by atoms with van der Waals surface area (Å²) in [5, 5.41) is 5.84. The van der Waals surface area contributed by atoms with E-state index in [1.807, 2.05) is 42.5 Å². The van der Waals surface area contributed by atoms with E-state index < -0.39 is 0 Å². The molecule has 0 radical (unpaired) electrons. The fourth-order valence-corrected chi connectivity index (χ4v) is 3.50. The van der Waals surface area contributed by atoms with Gasteiger partial charge in [0.1, 0.15) is 17.0 Å². The number of hydrogen-bond acceptors (Lipinski definition) is 6. The first-order chi connectivity index (χ1) is 16.0. The zero-order chi connectivity index (χ0) is 23.4. The average Bonchev–Trinajstić information content (AvgIpc) is 3.27. The number of nitrogens with zero attached hydrogens (tertiary/aromatic N) is 1. The summed E-state index contributed by atoms with van der Waals surface area (Å²) >= 11 is 5.29. The van der Waals surface area contributed by atoms with Crippen LogP contribution in [0.3, 0.4) is 0 Å². The van der Waals surface area contributed by atoms with Crippen LogP contribution in [0.25, 0.3) is 22.6 Å². The van der Waals surface area contributed by atoms with E-state index >= 15 is 0 Å². The molecule has 7 nitrogen and oxygen atoms in total. The number of nitrogens with one attached hydrogen (secondary N) is 2. The van der Waals surface area contributed by atoms with Crippen molar-refractivity contribution >= 4 is 40.0 Å². The van der Waals surface area contributed by atoms with Crippen LogP contribution in [0.5, 0.6) is 11.5 Å². The molecule has 0 bridgehead atoms. The first kappa shape index (κ1) is 22.3. The van der Waals surface area contributed by atoms with Crippen molar-refractivity contribution in [3.05, 3.63) is 71.8 Å². The summed E-state index contributed by atoms with van der Waals surface area (Å²) in [7, 11) is 3.05. The normalized spacial score (nSPS) is 10.6. The molecule has 0 aliphatic carbocycles. The quantitative estimate of drug-likeness (QED) is 0.382. The second-order valence-electron chi connectivity index (χ2n) is 7.26. The van der Waals surface area contributed by atoms with E-state index in [2.05, 4.69) is 22.5 Å². The number of benzene rings is 3. The minimum Gasteiger partial charge on any atom is -0.497 e. The second kappa shape index (κ2) is 9.70. The number of hydrogen-bond donors (Lipinski definition) is 2. The van der Waals surface area contributed by atoms with Crippen LogP contribution in [0.1, 0.15) is 22.8 Å². The Labute approximate surface area is 196 Å². The number of thiocarbonyl (C=S) groups is 1. The van der Waals surface area contributed by atoms with Gasteiger partial charge in [-0.05, 0) is 72.7 Å². The molecule has 0 fully saturated rings. The molecule has 0 unspecified atom stereocenters. The van der Waals surface area contributed by atoms with Gasteiger partial charge >= 0.3 is 0 Å². The molecule has 168 valence electrons. The molecule has 2 N–H and O–H groups in total. The summed E-state index contributed by atoms with van der Waals surface area (Å²) in [6, 6.07) is 18.4. The van der Waals surface area contributed by atoms with Gasteiger partial charge in [0.05, 0.1) is 14.2 Å². The van der Waals surface area contributed by atoms with Crippen LogP contribution in [0.15, 0.2) is 65.1 Å². The maximum Gasteiger partial charge on any atom is 0.257 e. The number of oxazole rings is 1.